The molecule has 1 amide bonds. The number of amides is 1. The molecule has 6 nitrogen and oxygen atoms in total. The highest BCUT2D eigenvalue weighted by atomic mass is 32.2. The maximum Gasteiger partial charge on any atom is 0.416 e. The Bertz CT molecular complexity index is 1220. The summed E-state index contributed by atoms with van der Waals surface area (Å²) in [5.41, 5.74) is -0.625. The fourth-order valence-corrected chi connectivity index (χ4v) is 5.59. The number of nitrogens with one attached hydrogen (secondary N) is 1. The van der Waals surface area contributed by atoms with Gasteiger partial charge >= 0.3 is 6.18 Å². The van der Waals surface area contributed by atoms with Crippen molar-refractivity contribution in [2.24, 2.45) is 0 Å². The van der Waals surface area contributed by atoms with E-state index in [1.165, 1.54) is 36.7 Å². The molecule has 0 atom stereocenters. The van der Waals surface area contributed by atoms with Gasteiger partial charge in [0.05, 0.1) is 17.9 Å². The molecule has 2 aromatic carbocycles. The Hall–Kier alpha value is -3.05. The predicted molar refractivity (Wildman–Crippen MR) is 120 cm³/mol. The Balaban J connectivity index is 1.80. The van der Waals surface area contributed by atoms with Crippen LogP contribution in [0.2, 0.25) is 0 Å². The second-order valence-electron chi connectivity index (χ2n) is 6.85. The minimum atomic E-state index is -4.57. The van der Waals surface area contributed by atoms with Crippen molar-refractivity contribution in [2.45, 2.75) is 24.5 Å². The monoisotopic (exact) mass is 498 g/mol. The van der Waals surface area contributed by atoms with Crippen molar-refractivity contribution in [3.05, 3.63) is 76.0 Å². The minimum absolute atomic E-state index is 0.114. The summed E-state index contributed by atoms with van der Waals surface area (Å²) in [6, 6.07) is 12.6. The van der Waals surface area contributed by atoms with Crippen LogP contribution in [0.4, 0.5) is 18.9 Å². The van der Waals surface area contributed by atoms with Gasteiger partial charge in [0, 0.05) is 13.6 Å². The molecule has 1 aromatic heterocycles. The predicted octanol–water partition coefficient (Wildman–Crippen LogP) is 4.92. The molecular formula is C22H21F3N2O4S2. The molecular weight excluding hydrogens is 477 g/mol. The van der Waals surface area contributed by atoms with Gasteiger partial charge in [0.25, 0.3) is 15.9 Å². The van der Waals surface area contributed by atoms with Crippen LogP contribution < -0.4 is 14.4 Å². The number of benzene rings is 2. The van der Waals surface area contributed by atoms with E-state index in [0.717, 1.165) is 21.7 Å². The zero-order valence-corrected chi connectivity index (χ0v) is 19.4. The number of carbonyl (C=O) groups is 1. The first-order chi connectivity index (χ1) is 15.6. The van der Waals surface area contributed by atoms with Gasteiger partial charge < -0.3 is 10.1 Å². The smallest absolute Gasteiger partial charge is 0.416 e. The van der Waals surface area contributed by atoms with Gasteiger partial charge in [0.2, 0.25) is 0 Å². The first-order valence-electron chi connectivity index (χ1n) is 9.78. The van der Waals surface area contributed by atoms with Crippen LogP contribution in [0.1, 0.15) is 27.7 Å². The second kappa shape index (κ2) is 9.84. The second-order valence-corrected chi connectivity index (χ2v) is 9.70. The SMILES string of the molecule is CCOc1ccc(N(C)S(=O)(=O)c2ccsc2C(=O)NCc2ccccc2C(F)(F)F)cc1. The van der Waals surface area contributed by atoms with Crippen molar-refractivity contribution < 1.29 is 31.1 Å². The molecule has 0 aliphatic rings. The number of ether oxygens (including phenoxy) is 1. The van der Waals surface area contributed by atoms with Gasteiger partial charge in [-0.1, -0.05) is 18.2 Å². The number of thiophene rings is 1. The first-order valence-corrected chi connectivity index (χ1v) is 12.1. The number of hydrogen-bond acceptors (Lipinski definition) is 5. The maximum atomic E-state index is 13.2. The van der Waals surface area contributed by atoms with E-state index in [9.17, 15) is 26.4 Å². The number of carbonyl (C=O) groups excluding carboxylic acids is 1. The normalized spacial score (nSPS) is 11.8. The van der Waals surface area contributed by atoms with Crippen LogP contribution in [-0.4, -0.2) is 28.0 Å². The summed E-state index contributed by atoms with van der Waals surface area (Å²) in [4.78, 5) is 12.4. The van der Waals surface area contributed by atoms with Crippen LogP contribution in [0, 0.1) is 0 Å². The van der Waals surface area contributed by atoms with Crippen LogP contribution in [0.15, 0.2) is 64.9 Å². The number of anilines is 1. The van der Waals surface area contributed by atoms with Crippen LogP contribution in [-0.2, 0) is 22.7 Å². The Kier molecular flexibility index (Phi) is 7.33. The molecule has 176 valence electrons. The Labute approximate surface area is 193 Å². The standard InChI is InChI=1S/C22H21F3N2O4S2/c1-3-31-17-10-8-16(9-11-17)27(2)33(29,30)19-12-13-32-20(19)21(28)26-14-15-6-4-5-7-18(15)22(23,24)25/h4-13H,3,14H2,1-2H3,(H,26,28). The van der Waals surface area contributed by atoms with E-state index in [-0.39, 0.29) is 15.3 Å². The number of halogens is 3. The number of hydrogen-bond donors (Lipinski definition) is 1. The van der Waals surface area contributed by atoms with E-state index < -0.39 is 34.2 Å². The topological polar surface area (TPSA) is 75.7 Å². The summed E-state index contributed by atoms with van der Waals surface area (Å²) >= 11 is 0.891. The zero-order valence-electron chi connectivity index (χ0n) is 17.7. The molecule has 0 aliphatic carbocycles. The van der Waals surface area contributed by atoms with Crippen molar-refractivity contribution in [1.82, 2.24) is 5.32 Å². The van der Waals surface area contributed by atoms with Gasteiger partial charge in [-0.2, -0.15) is 13.2 Å². The highest BCUT2D eigenvalue weighted by Gasteiger charge is 2.33. The third-order valence-electron chi connectivity index (χ3n) is 4.75. The van der Waals surface area contributed by atoms with Crippen molar-refractivity contribution in [3.8, 4) is 5.75 Å². The van der Waals surface area contributed by atoms with Gasteiger partial charge in [-0.3, -0.25) is 9.10 Å². The molecule has 0 saturated heterocycles. The summed E-state index contributed by atoms with van der Waals surface area (Å²) in [5, 5.41) is 3.84. The molecule has 0 unspecified atom stereocenters. The van der Waals surface area contributed by atoms with Crippen LogP contribution in [0.5, 0.6) is 5.75 Å². The lowest BCUT2D eigenvalue weighted by Gasteiger charge is -2.20. The van der Waals surface area contributed by atoms with Crippen molar-refractivity contribution in [1.29, 1.82) is 0 Å². The lowest BCUT2D eigenvalue weighted by atomic mass is 10.1. The van der Waals surface area contributed by atoms with E-state index >= 15 is 0 Å². The highest BCUT2D eigenvalue weighted by molar-refractivity contribution is 7.93. The molecule has 0 bridgehead atoms. The summed E-state index contributed by atoms with van der Waals surface area (Å²) in [5.74, 6) is -0.192. The Morgan fingerprint density at radius 3 is 2.39 bits per heavy atom. The van der Waals surface area contributed by atoms with Gasteiger partial charge in [-0.15, -0.1) is 11.3 Å². The summed E-state index contributed by atoms with van der Waals surface area (Å²) in [6.45, 7) is 1.89. The molecule has 0 spiro atoms. The van der Waals surface area contributed by atoms with E-state index in [1.54, 1.807) is 24.3 Å². The number of sulfonamides is 1. The Morgan fingerprint density at radius 2 is 1.76 bits per heavy atom. The highest BCUT2D eigenvalue weighted by Crippen LogP contribution is 2.32. The average Bonchev–Trinajstić information content (AvgIpc) is 3.28. The van der Waals surface area contributed by atoms with E-state index in [1.807, 2.05) is 6.92 Å². The van der Waals surface area contributed by atoms with Gasteiger partial charge in [0.15, 0.2) is 0 Å². The molecule has 33 heavy (non-hydrogen) atoms. The maximum absolute atomic E-state index is 13.2. The fraction of sp³-hybridized carbons (Fsp3) is 0.227. The lowest BCUT2D eigenvalue weighted by molar-refractivity contribution is -0.138. The molecule has 0 radical (unpaired) electrons. The summed E-state index contributed by atoms with van der Waals surface area (Å²) < 4.78 is 72.2. The fourth-order valence-electron chi connectivity index (χ4n) is 3.08. The van der Waals surface area contributed by atoms with Crippen LogP contribution in [0.3, 0.4) is 0 Å². The number of nitrogens with zero attached hydrogens (tertiary/aromatic N) is 1. The molecule has 0 aliphatic heterocycles. The quantitative estimate of drug-likeness (QED) is 0.478. The third kappa shape index (κ3) is 5.48. The van der Waals surface area contributed by atoms with Crippen LogP contribution >= 0.6 is 11.3 Å². The molecule has 0 saturated carbocycles. The zero-order chi connectivity index (χ0) is 24.2. The average molecular weight is 499 g/mol. The van der Waals surface area contributed by atoms with E-state index in [2.05, 4.69) is 5.32 Å². The van der Waals surface area contributed by atoms with Gasteiger partial charge in [-0.05, 0) is 54.3 Å². The van der Waals surface area contributed by atoms with Crippen LogP contribution in [0.25, 0.3) is 0 Å². The lowest BCUT2D eigenvalue weighted by Crippen LogP contribution is -2.30. The number of rotatable bonds is 8. The van der Waals surface area contributed by atoms with E-state index in [0.29, 0.717) is 18.0 Å². The third-order valence-corrected chi connectivity index (χ3v) is 7.62. The van der Waals surface area contributed by atoms with Crippen molar-refractivity contribution in [3.63, 3.8) is 0 Å². The van der Waals surface area contributed by atoms with Gasteiger partial charge in [-0.25, -0.2) is 8.42 Å². The number of alkyl halides is 3. The molecule has 3 aromatic rings. The Morgan fingerprint density at radius 1 is 1.09 bits per heavy atom. The molecule has 1 heterocycles. The summed E-state index contributed by atoms with van der Waals surface area (Å²) in [7, 11) is -2.75. The first kappa shape index (κ1) is 24.6. The molecule has 3 rings (SSSR count). The molecule has 11 heteroatoms. The largest absolute Gasteiger partial charge is 0.494 e. The molecule has 0 fully saturated rings. The summed E-state index contributed by atoms with van der Waals surface area (Å²) in [6.07, 6.45) is -4.57. The van der Waals surface area contributed by atoms with Crippen molar-refractivity contribution in [2.75, 3.05) is 18.0 Å². The van der Waals surface area contributed by atoms with E-state index in [4.69, 9.17) is 4.74 Å². The molecule has 1 N–H and O–H groups in total. The van der Waals surface area contributed by atoms with Crippen molar-refractivity contribution >= 4 is 33.0 Å². The van der Waals surface area contributed by atoms with Gasteiger partial charge in [0.1, 0.15) is 15.5 Å². The minimum Gasteiger partial charge on any atom is -0.494 e.